The quantitative estimate of drug-likeness (QED) is 0.397. The number of fused-ring (bicyclic) bond motifs is 5. The number of hydrogen-bond donors (Lipinski definition) is 2. The van der Waals surface area contributed by atoms with Crippen LogP contribution in [0, 0.1) is 46.8 Å². The van der Waals surface area contributed by atoms with Crippen LogP contribution in [0.5, 0.6) is 0 Å². The number of rotatable bonds is 0. The van der Waals surface area contributed by atoms with E-state index in [0.717, 1.165) is 49.7 Å². The second-order valence-corrected chi connectivity index (χ2v) is 9.58. The summed E-state index contributed by atoms with van der Waals surface area (Å²) in [6.45, 7) is 4.81. The minimum Gasteiger partial charge on any atom is -0.411 e. The van der Waals surface area contributed by atoms with Gasteiger partial charge < -0.3 is 10.3 Å². The van der Waals surface area contributed by atoms with E-state index in [1.165, 1.54) is 25.7 Å². The third-order valence-electron chi connectivity index (χ3n) is 8.86. The minimum atomic E-state index is -0.871. The largest absolute Gasteiger partial charge is 0.411 e. The molecule has 4 aliphatic rings. The van der Waals surface area contributed by atoms with Crippen LogP contribution in [0.3, 0.4) is 0 Å². The van der Waals surface area contributed by atoms with Gasteiger partial charge >= 0.3 is 0 Å². The van der Waals surface area contributed by atoms with Gasteiger partial charge in [0.05, 0.1) is 5.71 Å². The molecule has 4 rings (SSSR count). The molecule has 4 saturated carbocycles. The van der Waals surface area contributed by atoms with Gasteiger partial charge in [0.25, 0.3) is 0 Å². The molecule has 4 fully saturated rings. The molecule has 132 valence electrons. The van der Waals surface area contributed by atoms with Gasteiger partial charge in [0.2, 0.25) is 0 Å². The number of terminal acetylenes is 1. The molecule has 2 N–H and O–H groups in total. The Morgan fingerprint density at radius 2 is 1.88 bits per heavy atom. The number of aliphatic hydroxyl groups is 1. The highest BCUT2D eigenvalue weighted by atomic mass is 16.4. The molecule has 4 aliphatic carbocycles. The first-order chi connectivity index (χ1) is 11.4. The molecule has 0 aromatic heterocycles. The first kappa shape index (κ1) is 16.5. The Morgan fingerprint density at radius 1 is 1.08 bits per heavy atom. The summed E-state index contributed by atoms with van der Waals surface area (Å²) in [6, 6.07) is 0. The van der Waals surface area contributed by atoms with E-state index in [0.29, 0.717) is 17.3 Å². The second kappa shape index (κ2) is 5.24. The molecular formula is C21H31NO2. The SMILES string of the molecule is C#CC1(O)CCC2(C)C(CCC3C4CCC(=NO)C4(C)CCC32)C1. The van der Waals surface area contributed by atoms with Crippen molar-refractivity contribution in [3.05, 3.63) is 0 Å². The van der Waals surface area contributed by atoms with Crippen molar-refractivity contribution in [3.8, 4) is 12.3 Å². The summed E-state index contributed by atoms with van der Waals surface area (Å²) in [7, 11) is 0. The monoisotopic (exact) mass is 329 g/mol. The van der Waals surface area contributed by atoms with Gasteiger partial charge in [0.15, 0.2) is 0 Å². The van der Waals surface area contributed by atoms with E-state index in [1.54, 1.807) is 0 Å². The van der Waals surface area contributed by atoms with E-state index in [1.807, 2.05) is 0 Å². The summed E-state index contributed by atoms with van der Waals surface area (Å²) in [4.78, 5) is 0. The van der Waals surface area contributed by atoms with E-state index in [9.17, 15) is 10.3 Å². The van der Waals surface area contributed by atoms with E-state index < -0.39 is 5.60 Å². The van der Waals surface area contributed by atoms with Crippen molar-refractivity contribution >= 4 is 5.71 Å². The number of nitrogens with zero attached hydrogens (tertiary/aromatic N) is 1. The van der Waals surface area contributed by atoms with E-state index in [-0.39, 0.29) is 5.41 Å². The lowest BCUT2D eigenvalue weighted by Gasteiger charge is -2.61. The highest BCUT2D eigenvalue weighted by molar-refractivity contribution is 5.91. The maximum atomic E-state index is 10.6. The van der Waals surface area contributed by atoms with Crippen LogP contribution >= 0.6 is 0 Å². The zero-order valence-electron chi connectivity index (χ0n) is 15.1. The van der Waals surface area contributed by atoms with Crippen LogP contribution in [0.4, 0.5) is 0 Å². The highest BCUT2D eigenvalue weighted by Gasteiger charge is 2.60. The Bertz CT molecular complexity index is 607. The molecule has 0 spiro atoms. The van der Waals surface area contributed by atoms with Gasteiger partial charge in [-0.3, -0.25) is 0 Å². The summed E-state index contributed by atoms with van der Waals surface area (Å²) in [6.07, 6.45) is 15.2. The predicted molar refractivity (Wildman–Crippen MR) is 94.7 cm³/mol. The molecular weight excluding hydrogens is 298 g/mol. The fourth-order valence-electron chi connectivity index (χ4n) is 7.33. The first-order valence-corrected chi connectivity index (χ1v) is 9.78. The second-order valence-electron chi connectivity index (χ2n) is 9.58. The van der Waals surface area contributed by atoms with Gasteiger partial charge in [-0.15, -0.1) is 6.42 Å². The van der Waals surface area contributed by atoms with Crippen molar-refractivity contribution in [3.63, 3.8) is 0 Å². The molecule has 3 heteroatoms. The van der Waals surface area contributed by atoms with Gasteiger partial charge in [-0.25, -0.2) is 0 Å². The van der Waals surface area contributed by atoms with Crippen LogP contribution in [0.15, 0.2) is 5.16 Å². The van der Waals surface area contributed by atoms with Crippen LogP contribution < -0.4 is 0 Å². The Labute approximate surface area is 145 Å². The van der Waals surface area contributed by atoms with Crippen LogP contribution in [0.25, 0.3) is 0 Å². The molecule has 24 heavy (non-hydrogen) atoms. The Kier molecular flexibility index (Phi) is 3.59. The zero-order valence-corrected chi connectivity index (χ0v) is 15.1. The predicted octanol–water partition coefficient (Wildman–Crippen LogP) is 4.22. The molecule has 0 amide bonds. The van der Waals surface area contributed by atoms with Gasteiger partial charge in [-0.1, -0.05) is 24.9 Å². The molecule has 0 saturated heterocycles. The van der Waals surface area contributed by atoms with Crippen LogP contribution in [-0.2, 0) is 0 Å². The topological polar surface area (TPSA) is 52.8 Å². The Morgan fingerprint density at radius 3 is 2.58 bits per heavy atom. The average Bonchev–Trinajstić information content (AvgIpc) is 2.92. The van der Waals surface area contributed by atoms with Gasteiger partial charge in [0.1, 0.15) is 5.60 Å². The normalized spacial score (nSPS) is 55.3. The Hall–Kier alpha value is -1.01. The third-order valence-corrected chi connectivity index (χ3v) is 8.86. The van der Waals surface area contributed by atoms with Crippen LogP contribution in [0.2, 0.25) is 0 Å². The lowest BCUT2D eigenvalue weighted by Crippen LogP contribution is -2.55. The third kappa shape index (κ3) is 2.05. The van der Waals surface area contributed by atoms with Crippen molar-refractivity contribution < 1.29 is 10.3 Å². The molecule has 0 aliphatic heterocycles. The van der Waals surface area contributed by atoms with Gasteiger partial charge in [-0.2, -0.15) is 0 Å². The molecule has 3 nitrogen and oxygen atoms in total. The molecule has 7 atom stereocenters. The summed E-state index contributed by atoms with van der Waals surface area (Å²) in [5, 5.41) is 23.7. The van der Waals surface area contributed by atoms with E-state index in [4.69, 9.17) is 6.42 Å². The zero-order chi connectivity index (χ0) is 17.2. The molecule has 0 radical (unpaired) electrons. The number of oxime groups is 1. The summed E-state index contributed by atoms with van der Waals surface area (Å²) in [5.41, 5.74) is 0.618. The van der Waals surface area contributed by atoms with Crippen LogP contribution in [-0.4, -0.2) is 21.6 Å². The molecule has 0 aromatic rings. The molecule has 7 unspecified atom stereocenters. The van der Waals surface area contributed by atoms with E-state index in [2.05, 4.69) is 24.9 Å². The summed E-state index contributed by atoms with van der Waals surface area (Å²) < 4.78 is 0. The lowest BCUT2D eigenvalue weighted by atomic mass is 9.44. The van der Waals surface area contributed by atoms with Gasteiger partial charge in [0, 0.05) is 5.41 Å². The summed E-state index contributed by atoms with van der Waals surface area (Å²) >= 11 is 0. The molecule has 0 heterocycles. The molecule has 0 bridgehead atoms. The minimum absolute atomic E-state index is 0.118. The molecule has 0 aromatic carbocycles. The highest BCUT2D eigenvalue weighted by Crippen LogP contribution is 2.66. The van der Waals surface area contributed by atoms with Crippen molar-refractivity contribution in [1.29, 1.82) is 0 Å². The van der Waals surface area contributed by atoms with Crippen molar-refractivity contribution in [2.75, 3.05) is 0 Å². The first-order valence-electron chi connectivity index (χ1n) is 9.78. The maximum Gasteiger partial charge on any atom is 0.125 e. The van der Waals surface area contributed by atoms with Crippen molar-refractivity contribution in [2.45, 2.75) is 77.2 Å². The number of hydrogen-bond acceptors (Lipinski definition) is 3. The Balaban J connectivity index is 1.62. The van der Waals surface area contributed by atoms with Gasteiger partial charge in [-0.05, 0) is 86.9 Å². The van der Waals surface area contributed by atoms with Crippen molar-refractivity contribution in [2.24, 2.45) is 39.7 Å². The van der Waals surface area contributed by atoms with E-state index >= 15 is 0 Å². The van der Waals surface area contributed by atoms with Crippen molar-refractivity contribution in [1.82, 2.24) is 0 Å². The standard InChI is InChI=1S/C21H31NO2/c1-4-21(23)12-11-19(2)14(13-21)5-6-15-16-7-8-18(22-24)20(16,3)10-9-17(15)19/h1,14-17,23-24H,5-13H2,2-3H3. The fourth-order valence-corrected chi connectivity index (χ4v) is 7.33. The average molecular weight is 329 g/mol. The fraction of sp³-hybridized carbons (Fsp3) is 0.857. The lowest BCUT2D eigenvalue weighted by molar-refractivity contribution is -0.127. The smallest absolute Gasteiger partial charge is 0.125 e. The van der Waals surface area contributed by atoms with Crippen LogP contribution in [0.1, 0.15) is 71.6 Å². The maximum absolute atomic E-state index is 10.6. The summed E-state index contributed by atoms with van der Waals surface area (Å²) in [5.74, 6) is 5.40.